The van der Waals surface area contributed by atoms with Crippen LogP contribution in [0.1, 0.15) is 72.4 Å². The van der Waals surface area contributed by atoms with E-state index in [-0.39, 0.29) is 35.0 Å². The van der Waals surface area contributed by atoms with E-state index in [1.165, 1.54) is 0 Å². The van der Waals surface area contributed by atoms with Crippen LogP contribution in [0.15, 0.2) is 60.7 Å². The monoisotopic (exact) mass is 627 g/mol. The van der Waals surface area contributed by atoms with E-state index in [2.05, 4.69) is 40.8 Å². The smallest absolute Gasteiger partial charge is 0.410 e. The minimum Gasteiger partial charge on any atom is -0.461 e. The Morgan fingerprint density at radius 1 is 0.953 bits per heavy atom. The first kappa shape index (κ1) is 35.2. The number of thioether (sulfide) groups is 1. The number of nitrogens with zero attached hydrogens (tertiary/aromatic N) is 1. The number of amides is 1. The molecule has 6 nitrogen and oxygen atoms in total. The van der Waals surface area contributed by atoms with Crippen LogP contribution in [-0.2, 0) is 31.7 Å². The molecule has 0 aromatic heterocycles. The fourth-order valence-electron chi connectivity index (χ4n) is 5.06. The standard InChI is InChI=1S/C35H53NO5SSi/c1-10-21-42-28-23-30(36(24-28)33(38)40-34(2,3)4)31(41-43(8,9)35(5,6)7)29(22-26-17-13-11-14-18-26)32(37)39-25-27-19-15-12-16-20-27/h11-20,28-31H,10,21-25H2,1-9H3/t28-,29?,30+,31+/m1/s1. The summed E-state index contributed by atoms with van der Waals surface area (Å²) in [7, 11) is -2.40. The molecule has 1 heterocycles. The van der Waals surface area contributed by atoms with Gasteiger partial charge in [-0.15, -0.1) is 0 Å². The first-order valence-electron chi connectivity index (χ1n) is 15.6. The van der Waals surface area contributed by atoms with Crippen LogP contribution in [0.25, 0.3) is 0 Å². The van der Waals surface area contributed by atoms with Gasteiger partial charge in [0.15, 0.2) is 8.32 Å². The van der Waals surface area contributed by atoms with E-state index in [0.29, 0.717) is 13.0 Å². The largest absolute Gasteiger partial charge is 0.461 e. The summed E-state index contributed by atoms with van der Waals surface area (Å²) in [5.74, 6) is 0.107. The van der Waals surface area contributed by atoms with Crippen molar-refractivity contribution in [3.8, 4) is 0 Å². The summed E-state index contributed by atoms with van der Waals surface area (Å²) in [5.41, 5.74) is 1.33. The number of rotatable bonds is 12. The molecule has 2 aromatic rings. The maximum absolute atomic E-state index is 14.2. The normalized spacial score (nSPS) is 19.1. The summed E-state index contributed by atoms with van der Waals surface area (Å²) in [4.78, 5) is 29.8. The van der Waals surface area contributed by atoms with Crippen LogP contribution in [0.4, 0.5) is 4.79 Å². The summed E-state index contributed by atoms with van der Waals surface area (Å²) in [6.45, 7) is 19.6. The fraction of sp³-hybridized carbons (Fsp3) is 0.600. The SMILES string of the molecule is CCCS[C@@H]1C[C@@H]([C@@H](O[Si](C)(C)C(C)(C)C)C(Cc2ccccc2)C(=O)OCc2ccccc2)N(C(=O)OC(C)(C)C)C1. The van der Waals surface area contributed by atoms with E-state index < -0.39 is 25.9 Å². The van der Waals surface area contributed by atoms with Crippen LogP contribution < -0.4 is 0 Å². The summed E-state index contributed by atoms with van der Waals surface area (Å²) in [6.07, 6.45) is 1.35. The fourth-order valence-corrected chi connectivity index (χ4v) is 7.58. The van der Waals surface area contributed by atoms with Gasteiger partial charge in [-0.2, -0.15) is 11.8 Å². The average Bonchev–Trinajstić information content (AvgIpc) is 3.36. The molecule has 43 heavy (non-hydrogen) atoms. The molecule has 0 radical (unpaired) electrons. The Morgan fingerprint density at radius 3 is 2.07 bits per heavy atom. The minimum atomic E-state index is -2.40. The Labute approximate surface area is 265 Å². The molecule has 0 saturated carbocycles. The van der Waals surface area contributed by atoms with Gasteiger partial charge in [0.2, 0.25) is 0 Å². The lowest BCUT2D eigenvalue weighted by molar-refractivity contribution is -0.155. The van der Waals surface area contributed by atoms with Crippen LogP contribution in [0.2, 0.25) is 18.1 Å². The molecule has 0 N–H and O–H groups in total. The van der Waals surface area contributed by atoms with Crippen LogP contribution in [0, 0.1) is 5.92 Å². The molecule has 2 aromatic carbocycles. The number of ether oxygens (including phenoxy) is 2. The van der Waals surface area contributed by atoms with E-state index in [1.54, 1.807) is 0 Å². The lowest BCUT2D eigenvalue weighted by Gasteiger charge is -2.44. The van der Waals surface area contributed by atoms with Gasteiger partial charge >= 0.3 is 12.1 Å². The molecular formula is C35H53NO5SSi. The van der Waals surface area contributed by atoms with Crippen molar-refractivity contribution in [3.05, 3.63) is 71.8 Å². The Balaban J connectivity index is 2.08. The molecule has 3 rings (SSSR count). The molecule has 1 amide bonds. The summed E-state index contributed by atoms with van der Waals surface area (Å²) in [6, 6.07) is 19.5. The van der Waals surface area contributed by atoms with E-state index in [4.69, 9.17) is 13.9 Å². The van der Waals surface area contributed by atoms with Crippen molar-refractivity contribution in [1.29, 1.82) is 0 Å². The lowest BCUT2D eigenvalue weighted by Crippen LogP contribution is -2.56. The molecule has 0 spiro atoms. The molecule has 8 heteroatoms. The van der Waals surface area contributed by atoms with Gasteiger partial charge in [-0.3, -0.25) is 4.79 Å². The second kappa shape index (κ2) is 15.1. The first-order valence-corrected chi connectivity index (χ1v) is 19.6. The van der Waals surface area contributed by atoms with Gasteiger partial charge in [0.05, 0.1) is 18.1 Å². The zero-order valence-corrected chi connectivity index (χ0v) is 29.5. The molecule has 0 aliphatic carbocycles. The summed E-state index contributed by atoms with van der Waals surface area (Å²) >= 11 is 1.89. The number of esters is 1. The van der Waals surface area contributed by atoms with Crippen LogP contribution in [0.5, 0.6) is 0 Å². The van der Waals surface area contributed by atoms with Gasteiger partial charge in [-0.25, -0.2) is 4.79 Å². The molecule has 1 aliphatic heterocycles. The second-order valence-electron chi connectivity index (χ2n) is 14.2. The van der Waals surface area contributed by atoms with Gasteiger partial charge in [0, 0.05) is 11.8 Å². The predicted molar refractivity (Wildman–Crippen MR) is 180 cm³/mol. The molecule has 4 atom stereocenters. The molecule has 0 bridgehead atoms. The van der Waals surface area contributed by atoms with Gasteiger partial charge in [0.1, 0.15) is 12.2 Å². The zero-order chi connectivity index (χ0) is 31.8. The molecular weight excluding hydrogens is 575 g/mol. The number of hydrogen-bond donors (Lipinski definition) is 0. The van der Waals surface area contributed by atoms with Crippen molar-refractivity contribution in [2.75, 3.05) is 12.3 Å². The highest BCUT2D eigenvalue weighted by Crippen LogP contribution is 2.42. The number of carbonyl (C=O) groups excluding carboxylic acids is 2. The number of carbonyl (C=O) groups is 2. The van der Waals surface area contributed by atoms with Gasteiger partial charge < -0.3 is 18.8 Å². The maximum atomic E-state index is 14.2. The van der Waals surface area contributed by atoms with Crippen LogP contribution >= 0.6 is 11.8 Å². The lowest BCUT2D eigenvalue weighted by atomic mass is 9.88. The zero-order valence-electron chi connectivity index (χ0n) is 27.7. The summed E-state index contributed by atoms with van der Waals surface area (Å²) < 4.78 is 19.2. The molecule has 1 aliphatic rings. The first-order chi connectivity index (χ1) is 20.1. The Morgan fingerprint density at radius 2 is 1.53 bits per heavy atom. The van der Waals surface area contributed by atoms with Crippen LogP contribution in [-0.4, -0.2) is 60.6 Å². The Bertz CT molecular complexity index is 1160. The second-order valence-corrected chi connectivity index (χ2v) is 20.3. The maximum Gasteiger partial charge on any atom is 0.410 e. The quantitative estimate of drug-likeness (QED) is 0.174. The van der Waals surface area contributed by atoms with Crippen molar-refractivity contribution >= 4 is 32.1 Å². The Kier molecular flexibility index (Phi) is 12.4. The molecule has 238 valence electrons. The van der Waals surface area contributed by atoms with Crippen LogP contribution in [0.3, 0.4) is 0 Å². The highest BCUT2D eigenvalue weighted by atomic mass is 32.2. The Hall–Kier alpha value is -2.29. The predicted octanol–water partition coefficient (Wildman–Crippen LogP) is 8.50. The van der Waals surface area contributed by atoms with Crippen molar-refractivity contribution in [1.82, 2.24) is 4.90 Å². The highest BCUT2D eigenvalue weighted by molar-refractivity contribution is 7.99. The van der Waals surface area contributed by atoms with Crippen molar-refractivity contribution < 1.29 is 23.5 Å². The summed E-state index contributed by atoms with van der Waals surface area (Å²) in [5, 5.41) is 0.142. The minimum absolute atomic E-state index is 0.0950. The third kappa shape index (κ3) is 10.4. The van der Waals surface area contributed by atoms with Crippen molar-refractivity contribution in [3.63, 3.8) is 0 Å². The van der Waals surface area contributed by atoms with E-state index >= 15 is 0 Å². The van der Waals surface area contributed by atoms with Crippen molar-refractivity contribution in [2.24, 2.45) is 5.92 Å². The van der Waals surface area contributed by atoms with Gasteiger partial charge in [-0.1, -0.05) is 88.4 Å². The number of hydrogen-bond acceptors (Lipinski definition) is 6. The van der Waals surface area contributed by atoms with E-state index in [9.17, 15) is 9.59 Å². The highest BCUT2D eigenvalue weighted by Gasteiger charge is 2.50. The molecule has 1 fully saturated rings. The van der Waals surface area contributed by atoms with E-state index in [1.807, 2.05) is 98.1 Å². The third-order valence-electron chi connectivity index (χ3n) is 8.33. The molecule has 1 saturated heterocycles. The van der Waals surface area contributed by atoms with E-state index in [0.717, 1.165) is 29.7 Å². The molecule has 1 unspecified atom stereocenters. The number of likely N-dealkylation sites (tertiary alicyclic amines) is 1. The number of benzene rings is 2. The topological polar surface area (TPSA) is 65.1 Å². The average molecular weight is 628 g/mol. The van der Waals surface area contributed by atoms with Gasteiger partial charge in [0.25, 0.3) is 0 Å². The third-order valence-corrected chi connectivity index (χ3v) is 14.3. The van der Waals surface area contributed by atoms with Gasteiger partial charge in [-0.05, 0) is 75.0 Å². The van der Waals surface area contributed by atoms with Crippen molar-refractivity contribution in [2.45, 2.75) is 115 Å².